The molecule has 88 valence electrons. The molecule has 0 saturated carbocycles. The minimum absolute atomic E-state index is 0.0127. The Bertz CT molecular complexity index is 339. The van der Waals surface area contributed by atoms with Gasteiger partial charge in [0.15, 0.2) is 0 Å². The number of rotatable bonds is 5. The summed E-state index contributed by atoms with van der Waals surface area (Å²) in [5.41, 5.74) is 0.910. The molecular weight excluding hydrogens is 229 g/mol. The Hall–Kier alpha value is -1.09. The molecule has 0 radical (unpaired) electrons. The van der Waals surface area contributed by atoms with Gasteiger partial charge in [-0.3, -0.25) is 4.79 Å². The van der Waals surface area contributed by atoms with Crippen molar-refractivity contribution in [3.63, 3.8) is 0 Å². The molecule has 0 fully saturated rings. The largest absolute Gasteiger partial charge is 0.337 e. The molecule has 16 heavy (non-hydrogen) atoms. The molecule has 0 aliphatic heterocycles. The Morgan fingerprint density at radius 3 is 2.50 bits per heavy atom. The van der Waals surface area contributed by atoms with Crippen LogP contribution in [-0.4, -0.2) is 23.2 Å². The lowest BCUT2D eigenvalue weighted by molar-refractivity contribution is -0.129. The summed E-state index contributed by atoms with van der Waals surface area (Å²) in [6.07, 6.45) is 0.879. The van der Waals surface area contributed by atoms with E-state index in [4.69, 9.17) is 11.6 Å². The summed E-state index contributed by atoms with van der Waals surface area (Å²) < 4.78 is 12.7. The van der Waals surface area contributed by atoms with Crippen LogP contribution in [0, 0.1) is 5.82 Å². The molecule has 0 N–H and O–H groups in total. The standard InChI is InChI=1S/C12H15ClFNO/c1-2-7-15(12(16)8-13)9-10-3-5-11(14)6-4-10/h3-6H,2,7-9H2,1H3. The van der Waals surface area contributed by atoms with E-state index in [2.05, 4.69) is 0 Å². The van der Waals surface area contributed by atoms with Crippen molar-refractivity contribution in [1.82, 2.24) is 4.90 Å². The Kier molecular flexibility index (Phi) is 5.26. The fourth-order valence-electron chi connectivity index (χ4n) is 1.46. The number of nitrogens with zero attached hydrogens (tertiary/aromatic N) is 1. The van der Waals surface area contributed by atoms with E-state index < -0.39 is 0 Å². The average Bonchev–Trinajstić information content (AvgIpc) is 2.30. The first-order chi connectivity index (χ1) is 7.67. The fourth-order valence-corrected chi connectivity index (χ4v) is 1.63. The minimum atomic E-state index is -0.269. The van der Waals surface area contributed by atoms with Crippen LogP contribution >= 0.6 is 11.6 Å². The number of alkyl halides is 1. The molecule has 0 saturated heterocycles. The van der Waals surface area contributed by atoms with Crippen molar-refractivity contribution in [2.45, 2.75) is 19.9 Å². The van der Waals surface area contributed by atoms with Gasteiger partial charge < -0.3 is 4.90 Å². The molecule has 1 aromatic carbocycles. The van der Waals surface area contributed by atoms with Crippen molar-refractivity contribution in [2.24, 2.45) is 0 Å². The zero-order chi connectivity index (χ0) is 12.0. The van der Waals surface area contributed by atoms with Gasteiger partial charge in [0.2, 0.25) is 5.91 Å². The summed E-state index contributed by atoms with van der Waals surface area (Å²) in [5.74, 6) is -0.372. The van der Waals surface area contributed by atoms with E-state index in [-0.39, 0.29) is 17.6 Å². The van der Waals surface area contributed by atoms with Gasteiger partial charge in [-0.25, -0.2) is 4.39 Å². The lowest BCUT2D eigenvalue weighted by Gasteiger charge is -2.21. The number of halogens is 2. The molecule has 0 aliphatic carbocycles. The van der Waals surface area contributed by atoms with Gasteiger partial charge in [-0.15, -0.1) is 11.6 Å². The van der Waals surface area contributed by atoms with Crippen LogP contribution in [0.25, 0.3) is 0 Å². The molecule has 1 aromatic rings. The Labute approximate surface area is 100 Å². The van der Waals surface area contributed by atoms with Gasteiger partial charge in [0.25, 0.3) is 0 Å². The molecule has 0 spiro atoms. The lowest BCUT2D eigenvalue weighted by atomic mass is 10.2. The van der Waals surface area contributed by atoms with Gasteiger partial charge in [-0.1, -0.05) is 19.1 Å². The van der Waals surface area contributed by atoms with E-state index >= 15 is 0 Å². The summed E-state index contributed by atoms with van der Waals surface area (Å²) in [6, 6.07) is 6.15. The Balaban J connectivity index is 2.67. The van der Waals surface area contributed by atoms with Crippen molar-refractivity contribution in [3.8, 4) is 0 Å². The molecule has 1 amide bonds. The van der Waals surface area contributed by atoms with Crippen molar-refractivity contribution in [1.29, 1.82) is 0 Å². The van der Waals surface area contributed by atoms with Gasteiger partial charge >= 0.3 is 0 Å². The summed E-state index contributed by atoms with van der Waals surface area (Å²) in [7, 11) is 0. The van der Waals surface area contributed by atoms with Gasteiger partial charge in [0.1, 0.15) is 11.7 Å². The molecular formula is C12H15ClFNO. The van der Waals surface area contributed by atoms with Crippen LogP contribution in [0.15, 0.2) is 24.3 Å². The first-order valence-electron chi connectivity index (χ1n) is 5.25. The molecule has 1 rings (SSSR count). The van der Waals surface area contributed by atoms with E-state index in [0.717, 1.165) is 12.0 Å². The van der Waals surface area contributed by atoms with Crippen LogP contribution in [0.4, 0.5) is 4.39 Å². The predicted octanol–water partition coefficient (Wildman–Crippen LogP) is 2.80. The Morgan fingerprint density at radius 1 is 1.38 bits per heavy atom. The van der Waals surface area contributed by atoms with Crippen LogP contribution < -0.4 is 0 Å². The van der Waals surface area contributed by atoms with Gasteiger partial charge in [-0.05, 0) is 24.1 Å². The number of hydrogen-bond donors (Lipinski definition) is 0. The second-order valence-corrected chi connectivity index (χ2v) is 3.84. The lowest BCUT2D eigenvalue weighted by Crippen LogP contribution is -2.32. The van der Waals surface area contributed by atoms with Crippen LogP contribution in [0.3, 0.4) is 0 Å². The van der Waals surface area contributed by atoms with Crippen molar-refractivity contribution in [3.05, 3.63) is 35.6 Å². The highest BCUT2D eigenvalue weighted by atomic mass is 35.5. The smallest absolute Gasteiger partial charge is 0.237 e. The molecule has 0 aliphatic rings. The summed E-state index contributed by atoms with van der Waals surface area (Å²) in [4.78, 5) is 13.2. The minimum Gasteiger partial charge on any atom is -0.337 e. The van der Waals surface area contributed by atoms with Crippen molar-refractivity contribution >= 4 is 17.5 Å². The van der Waals surface area contributed by atoms with Crippen LogP contribution in [0.2, 0.25) is 0 Å². The topological polar surface area (TPSA) is 20.3 Å². The first kappa shape index (κ1) is 13.0. The van der Waals surface area contributed by atoms with E-state index in [0.29, 0.717) is 13.1 Å². The third kappa shape index (κ3) is 3.81. The van der Waals surface area contributed by atoms with E-state index in [1.54, 1.807) is 17.0 Å². The fraction of sp³-hybridized carbons (Fsp3) is 0.417. The zero-order valence-electron chi connectivity index (χ0n) is 9.25. The predicted molar refractivity (Wildman–Crippen MR) is 62.8 cm³/mol. The quantitative estimate of drug-likeness (QED) is 0.729. The second kappa shape index (κ2) is 6.48. The summed E-state index contributed by atoms with van der Waals surface area (Å²) in [6.45, 7) is 3.15. The van der Waals surface area contributed by atoms with Gasteiger partial charge in [-0.2, -0.15) is 0 Å². The van der Waals surface area contributed by atoms with Crippen LogP contribution in [0.1, 0.15) is 18.9 Å². The third-order valence-electron chi connectivity index (χ3n) is 2.25. The van der Waals surface area contributed by atoms with Crippen molar-refractivity contribution in [2.75, 3.05) is 12.4 Å². The number of hydrogen-bond acceptors (Lipinski definition) is 1. The first-order valence-corrected chi connectivity index (χ1v) is 5.79. The third-order valence-corrected chi connectivity index (χ3v) is 2.48. The maximum absolute atomic E-state index is 12.7. The molecule has 0 heterocycles. The highest BCUT2D eigenvalue weighted by Gasteiger charge is 2.11. The van der Waals surface area contributed by atoms with Crippen LogP contribution in [0.5, 0.6) is 0 Å². The maximum atomic E-state index is 12.7. The second-order valence-electron chi connectivity index (χ2n) is 3.58. The van der Waals surface area contributed by atoms with Gasteiger partial charge in [0.05, 0.1) is 0 Å². The molecule has 0 atom stereocenters. The summed E-state index contributed by atoms with van der Waals surface area (Å²) in [5, 5.41) is 0. The zero-order valence-corrected chi connectivity index (χ0v) is 10.0. The molecule has 0 aromatic heterocycles. The molecule has 4 heteroatoms. The van der Waals surface area contributed by atoms with E-state index in [1.807, 2.05) is 6.92 Å². The normalized spacial score (nSPS) is 10.2. The van der Waals surface area contributed by atoms with Gasteiger partial charge in [0, 0.05) is 13.1 Å². The highest BCUT2D eigenvalue weighted by molar-refractivity contribution is 6.27. The van der Waals surface area contributed by atoms with Crippen LogP contribution in [-0.2, 0) is 11.3 Å². The highest BCUT2D eigenvalue weighted by Crippen LogP contribution is 2.08. The SMILES string of the molecule is CCCN(Cc1ccc(F)cc1)C(=O)CCl. The monoisotopic (exact) mass is 243 g/mol. The maximum Gasteiger partial charge on any atom is 0.237 e. The number of benzene rings is 1. The average molecular weight is 244 g/mol. The number of carbonyl (C=O) groups excluding carboxylic acids is 1. The number of carbonyl (C=O) groups is 1. The molecule has 0 bridgehead atoms. The van der Waals surface area contributed by atoms with E-state index in [9.17, 15) is 9.18 Å². The molecule has 2 nitrogen and oxygen atoms in total. The van der Waals surface area contributed by atoms with E-state index in [1.165, 1.54) is 12.1 Å². The molecule has 0 unspecified atom stereocenters. The summed E-state index contributed by atoms with van der Waals surface area (Å²) >= 11 is 5.52. The number of amides is 1. The van der Waals surface area contributed by atoms with Crippen molar-refractivity contribution < 1.29 is 9.18 Å². The Morgan fingerprint density at radius 2 is 2.00 bits per heavy atom.